The van der Waals surface area contributed by atoms with Crippen LogP contribution < -0.4 is 9.62 Å². The first-order chi connectivity index (χ1) is 21.2. The molecule has 9 heteroatoms. The Bertz CT molecular complexity index is 1720. The quantitative estimate of drug-likeness (QED) is 0.214. The predicted octanol–water partition coefficient (Wildman–Crippen LogP) is 6.19. The minimum Gasteiger partial charge on any atom is -0.350 e. The highest BCUT2D eigenvalue weighted by Gasteiger charge is 2.36. The van der Waals surface area contributed by atoms with E-state index in [1.165, 1.54) is 23.1 Å². The van der Waals surface area contributed by atoms with E-state index in [4.69, 9.17) is 0 Å². The van der Waals surface area contributed by atoms with Crippen molar-refractivity contribution in [1.29, 1.82) is 0 Å². The Hall–Kier alpha value is -4.50. The van der Waals surface area contributed by atoms with Gasteiger partial charge < -0.3 is 10.2 Å². The van der Waals surface area contributed by atoms with Crippen molar-refractivity contribution in [3.63, 3.8) is 0 Å². The number of amides is 2. The minimum absolute atomic E-state index is 0.0175. The van der Waals surface area contributed by atoms with Crippen LogP contribution in [-0.2, 0) is 32.6 Å². The van der Waals surface area contributed by atoms with Crippen LogP contribution in [-0.4, -0.2) is 43.3 Å². The molecule has 0 aliphatic carbocycles. The molecule has 0 aromatic heterocycles. The van der Waals surface area contributed by atoms with E-state index in [1.807, 2.05) is 71.0 Å². The van der Waals surface area contributed by atoms with Crippen molar-refractivity contribution >= 4 is 27.5 Å². The zero-order valence-corrected chi connectivity index (χ0v) is 27.1. The molecular formula is C36H40FN3O4S. The summed E-state index contributed by atoms with van der Waals surface area (Å²) in [6.45, 7) is 8.35. The molecule has 0 aliphatic heterocycles. The molecule has 1 atom stereocenters. The standard InChI is InChI=1S/C36H40FN3O4S/c1-26-20-27(2)22-30(21-26)40(45(43,44)31-17-10-7-11-18-31)25-34(41)39(24-29-16-12-13-19-32(29)37)33(35(42)38-36(3,4)5)23-28-14-8-6-9-15-28/h6-22,33H,23-25H2,1-5H3,(H,38,42)/t33-/m0/s1. The van der Waals surface area contributed by atoms with E-state index < -0.39 is 45.8 Å². The minimum atomic E-state index is -4.22. The zero-order valence-electron chi connectivity index (χ0n) is 26.3. The van der Waals surface area contributed by atoms with E-state index in [0.29, 0.717) is 5.69 Å². The maximum absolute atomic E-state index is 15.1. The van der Waals surface area contributed by atoms with Gasteiger partial charge in [-0.25, -0.2) is 12.8 Å². The van der Waals surface area contributed by atoms with Crippen molar-refractivity contribution in [1.82, 2.24) is 10.2 Å². The van der Waals surface area contributed by atoms with Gasteiger partial charge in [0.1, 0.15) is 18.4 Å². The molecule has 0 spiro atoms. The van der Waals surface area contributed by atoms with Crippen LogP contribution in [0.25, 0.3) is 0 Å². The zero-order chi connectivity index (χ0) is 32.8. The Labute approximate surface area is 265 Å². The third-order valence-corrected chi connectivity index (χ3v) is 8.96. The first kappa shape index (κ1) is 33.4. The van der Waals surface area contributed by atoms with Gasteiger partial charge in [0.15, 0.2) is 0 Å². The molecule has 4 aromatic carbocycles. The van der Waals surface area contributed by atoms with Crippen molar-refractivity contribution in [3.05, 3.63) is 131 Å². The summed E-state index contributed by atoms with van der Waals surface area (Å²) >= 11 is 0. The molecule has 2 amide bonds. The second-order valence-corrected chi connectivity index (χ2v) is 14.1. The maximum atomic E-state index is 15.1. The van der Waals surface area contributed by atoms with E-state index in [-0.39, 0.29) is 23.4 Å². The molecule has 0 heterocycles. The number of aryl methyl sites for hydroxylation is 2. The van der Waals surface area contributed by atoms with Gasteiger partial charge in [0.05, 0.1) is 10.6 Å². The lowest BCUT2D eigenvalue weighted by Gasteiger charge is -2.35. The second-order valence-electron chi connectivity index (χ2n) is 12.2. The molecule has 1 N–H and O–H groups in total. The largest absolute Gasteiger partial charge is 0.350 e. The second kappa shape index (κ2) is 14.1. The number of carbonyl (C=O) groups is 2. The van der Waals surface area contributed by atoms with E-state index in [1.54, 1.807) is 48.5 Å². The summed E-state index contributed by atoms with van der Waals surface area (Å²) in [7, 11) is -4.22. The monoisotopic (exact) mass is 629 g/mol. The Morgan fingerprint density at radius 1 is 0.822 bits per heavy atom. The van der Waals surface area contributed by atoms with Gasteiger partial charge in [-0.05, 0) is 81.6 Å². The number of carbonyl (C=O) groups excluding carboxylic acids is 2. The first-order valence-electron chi connectivity index (χ1n) is 14.8. The van der Waals surface area contributed by atoms with Crippen LogP contribution in [0.5, 0.6) is 0 Å². The van der Waals surface area contributed by atoms with Crippen LogP contribution >= 0.6 is 0 Å². The molecule has 0 saturated heterocycles. The SMILES string of the molecule is Cc1cc(C)cc(N(CC(=O)N(Cc2ccccc2F)[C@@H](Cc2ccccc2)C(=O)NC(C)(C)C)S(=O)(=O)c2ccccc2)c1. The summed E-state index contributed by atoms with van der Waals surface area (Å²) in [5.41, 5.74) is 2.33. The fraction of sp³-hybridized carbons (Fsp3) is 0.278. The van der Waals surface area contributed by atoms with E-state index in [2.05, 4.69) is 5.32 Å². The fourth-order valence-electron chi connectivity index (χ4n) is 5.16. The molecule has 236 valence electrons. The van der Waals surface area contributed by atoms with Gasteiger partial charge in [-0.2, -0.15) is 0 Å². The van der Waals surface area contributed by atoms with Crippen LogP contribution in [0, 0.1) is 19.7 Å². The maximum Gasteiger partial charge on any atom is 0.264 e. The normalized spacial score (nSPS) is 12.3. The van der Waals surface area contributed by atoms with Crippen molar-refractivity contribution in [2.24, 2.45) is 0 Å². The summed E-state index contributed by atoms with van der Waals surface area (Å²) in [5, 5.41) is 2.97. The molecular weight excluding hydrogens is 589 g/mol. The molecule has 0 radical (unpaired) electrons. The molecule has 0 saturated carbocycles. The van der Waals surface area contributed by atoms with E-state index in [0.717, 1.165) is 21.0 Å². The van der Waals surface area contributed by atoms with Gasteiger partial charge in [-0.15, -0.1) is 0 Å². The molecule has 0 fully saturated rings. The highest BCUT2D eigenvalue weighted by molar-refractivity contribution is 7.92. The number of hydrogen-bond acceptors (Lipinski definition) is 4. The molecule has 0 unspecified atom stereocenters. The van der Waals surface area contributed by atoms with Crippen LogP contribution in [0.2, 0.25) is 0 Å². The molecule has 0 bridgehead atoms. The predicted molar refractivity (Wildman–Crippen MR) is 176 cm³/mol. The third-order valence-electron chi connectivity index (χ3n) is 7.17. The number of nitrogens with zero attached hydrogens (tertiary/aromatic N) is 2. The third kappa shape index (κ3) is 8.79. The molecule has 7 nitrogen and oxygen atoms in total. The number of nitrogens with one attached hydrogen (secondary N) is 1. The van der Waals surface area contributed by atoms with Gasteiger partial charge in [-0.3, -0.25) is 13.9 Å². The van der Waals surface area contributed by atoms with Gasteiger partial charge in [0.2, 0.25) is 11.8 Å². The number of sulfonamides is 1. The first-order valence-corrected chi connectivity index (χ1v) is 16.2. The lowest BCUT2D eigenvalue weighted by Crippen LogP contribution is -2.56. The average molecular weight is 630 g/mol. The van der Waals surface area contributed by atoms with Crippen molar-refractivity contribution in [3.8, 4) is 0 Å². The summed E-state index contributed by atoms with van der Waals surface area (Å²) in [4.78, 5) is 29.7. The van der Waals surface area contributed by atoms with Gasteiger partial charge >= 0.3 is 0 Å². The Morgan fingerprint density at radius 3 is 1.96 bits per heavy atom. The number of benzene rings is 4. The summed E-state index contributed by atoms with van der Waals surface area (Å²) in [5.74, 6) is -1.62. The number of anilines is 1. The summed E-state index contributed by atoms with van der Waals surface area (Å²) in [6.07, 6.45) is 0.137. The van der Waals surface area contributed by atoms with Crippen LogP contribution in [0.1, 0.15) is 43.0 Å². The highest BCUT2D eigenvalue weighted by Crippen LogP contribution is 2.27. The summed E-state index contributed by atoms with van der Waals surface area (Å²) in [6, 6.07) is 27.4. The van der Waals surface area contributed by atoms with Crippen LogP contribution in [0.15, 0.2) is 108 Å². The molecule has 45 heavy (non-hydrogen) atoms. The number of hydrogen-bond donors (Lipinski definition) is 1. The van der Waals surface area contributed by atoms with Gasteiger partial charge in [0, 0.05) is 24.1 Å². The summed E-state index contributed by atoms with van der Waals surface area (Å²) < 4.78 is 44.4. The number of halogens is 1. The Kier molecular flexibility index (Phi) is 10.4. The van der Waals surface area contributed by atoms with Crippen LogP contribution in [0.4, 0.5) is 10.1 Å². The van der Waals surface area contributed by atoms with Gasteiger partial charge in [-0.1, -0.05) is 72.8 Å². The highest BCUT2D eigenvalue weighted by atomic mass is 32.2. The van der Waals surface area contributed by atoms with Crippen molar-refractivity contribution in [2.75, 3.05) is 10.8 Å². The van der Waals surface area contributed by atoms with Crippen molar-refractivity contribution in [2.45, 2.75) is 64.1 Å². The topological polar surface area (TPSA) is 86.8 Å². The average Bonchev–Trinajstić information content (AvgIpc) is 2.98. The molecule has 0 aliphatic rings. The molecule has 4 aromatic rings. The van der Waals surface area contributed by atoms with Crippen molar-refractivity contribution < 1.29 is 22.4 Å². The lowest BCUT2D eigenvalue weighted by molar-refractivity contribution is -0.140. The number of rotatable bonds is 11. The lowest BCUT2D eigenvalue weighted by atomic mass is 10.0. The fourth-order valence-corrected chi connectivity index (χ4v) is 6.58. The van der Waals surface area contributed by atoms with E-state index >= 15 is 4.39 Å². The smallest absolute Gasteiger partial charge is 0.264 e. The molecule has 4 rings (SSSR count). The van der Waals surface area contributed by atoms with Crippen LogP contribution in [0.3, 0.4) is 0 Å². The van der Waals surface area contributed by atoms with E-state index in [9.17, 15) is 18.0 Å². The Balaban J connectivity index is 1.84. The Morgan fingerprint density at radius 2 is 1.38 bits per heavy atom. The van der Waals surface area contributed by atoms with Gasteiger partial charge in [0.25, 0.3) is 10.0 Å².